The SMILES string of the molecule is C.COc1ccc(C(NCCCC[C@H](NC(=O)[C@H](Cc2ccc([N+](=O)[O-])cc2)NC(=O)OCC2c3ccccc3-c3ccccc32)C(=O)Nc2ccc(CO)cc2)(c2ccccc2)c2ccccc2)cc1. The first-order chi connectivity index (χ1) is 34.2. The first-order valence-corrected chi connectivity index (χ1v) is 23.3. The zero-order chi connectivity index (χ0) is 48.9. The molecule has 8 rings (SSSR count). The normalized spacial score (nSPS) is 12.5. The van der Waals surface area contributed by atoms with Crippen LogP contribution in [0.1, 0.15) is 71.6 Å². The number of nitrogens with one attached hydrogen (secondary N) is 4. The number of nitro groups is 1. The van der Waals surface area contributed by atoms with Gasteiger partial charge in [0.05, 0.1) is 24.2 Å². The van der Waals surface area contributed by atoms with Crippen molar-refractivity contribution in [3.8, 4) is 16.9 Å². The average molecular weight is 954 g/mol. The Bertz CT molecular complexity index is 2790. The van der Waals surface area contributed by atoms with E-state index in [4.69, 9.17) is 9.47 Å². The van der Waals surface area contributed by atoms with Crippen molar-refractivity contribution >= 4 is 29.3 Å². The number of unbranched alkanes of at least 4 members (excludes halogenated alkanes) is 1. The monoisotopic (exact) mass is 953 g/mol. The van der Waals surface area contributed by atoms with E-state index in [9.17, 15) is 29.6 Å². The molecule has 13 nitrogen and oxygen atoms in total. The molecular weight excluding hydrogens is 895 g/mol. The van der Waals surface area contributed by atoms with Gasteiger partial charge >= 0.3 is 6.09 Å². The van der Waals surface area contributed by atoms with Crippen molar-refractivity contribution in [1.29, 1.82) is 0 Å². The van der Waals surface area contributed by atoms with Crippen LogP contribution < -0.4 is 26.0 Å². The fraction of sp³-hybridized carbons (Fsp3) is 0.224. The molecule has 0 spiro atoms. The maximum absolute atomic E-state index is 14.5. The van der Waals surface area contributed by atoms with Gasteiger partial charge in [0, 0.05) is 30.2 Å². The number of fused-ring (bicyclic) bond motifs is 3. The number of aliphatic hydroxyl groups is 1. The van der Waals surface area contributed by atoms with Gasteiger partial charge in [-0.05, 0) is 100 Å². The lowest BCUT2D eigenvalue weighted by Crippen LogP contribution is -2.53. The summed E-state index contributed by atoms with van der Waals surface area (Å²) >= 11 is 0. The lowest BCUT2D eigenvalue weighted by atomic mass is 9.77. The molecule has 13 heteroatoms. The molecule has 0 aliphatic heterocycles. The minimum atomic E-state index is -1.24. The number of carbonyl (C=O) groups is 3. The highest BCUT2D eigenvalue weighted by Crippen LogP contribution is 2.44. The molecule has 0 bridgehead atoms. The van der Waals surface area contributed by atoms with Crippen LogP contribution in [0.3, 0.4) is 0 Å². The van der Waals surface area contributed by atoms with Crippen molar-refractivity contribution in [2.45, 2.75) is 63.3 Å². The van der Waals surface area contributed by atoms with Gasteiger partial charge in [-0.25, -0.2) is 4.79 Å². The van der Waals surface area contributed by atoms with Gasteiger partial charge in [0.1, 0.15) is 24.4 Å². The highest BCUT2D eigenvalue weighted by molar-refractivity contribution is 5.98. The molecule has 2 atom stereocenters. The topological polar surface area (TPSA) is 181 Å². The predicted octanol–water partition coefficient (Wildman–Crippen LogP) is 10.1. The molecule has 1 aliphatic rings. The molecular formula is C58H59N5O8. The molecule has 0 aromatic heterocycles. The quantitative estimate of drug-likeness (QED) is 0.0203. The summed E-state index contributed by atoms with van der Waals surface area (Å²) in [7, 11) is 1.64. The maximum atomic E-state index is 14.5. The molecule has 1 aliphatic carbocycles. The number of alkyl carbamates (subject to hydrolysis) is 1. The Hall–Kier alpha value is -8.13. The lowest BCUT2D eigenvalue weighted by Gasteiger charge is -2.37. The number of rotatable bonds is 21. The van der Waals surface area contributed by atoms with Crippen molar-refractivity contribution in [1.82, 2.24) is 16.0 Å². The van der Waals surface area contributed by atoms with Crippen LogP contribution in [-0.4, -0.2) is 60.3 Å². The highest BCUT2D eigenvalue weighted by Gasteiger charge is 2.36. The van der Waals surface area contributed by atoms with Gasteiger partial charge in [-0.3, -0.25) is 25.0 Å². The number of ether oxygens (including phenoxy) is 2. The molecule has 3 amide bonds. The van der Waals surface area contributed by atoms with Crippen molar-refractivity contribution in [3.05, 3.63) is 231 Å². The third-order valence-electron chi connectivity index (χ3n) is 12.8. The first-order valence-electron chi connectivity index (χ1n) is 23.3. The van der Waals surface area contributed by atoms with Crippen LogP contribution in [0.25, 0.3) is 11.1 Å². The molecule has 0 radical (unpaired) electrons. The van der Waals surface area contributed by atoms with Gasteiger partial charge in [-0.1, -0.05) is 153 Å². The van der Waals surface area contributed by atoms with E-state index < -0.39 is 40.5 Å². The third kappa shape index (κ3) is 12.0. The Labute approximate surface area is 414 Å². The van der Waals surface area contributed by atoms with Gasteiger partial charge in [-0.15, -0.1) is 0 Å². The average Bonchev–Trinajstić information content (AvgIpc) is 3.72. The smallest absolute Gasteiger partial charge is 0.407 e. The lowest BCUT2D eigenvalue weighted by molar-refractivity contribution is -0.384. The standard InChI is InChI=1S/C57H55N5O8.CH4/c1-69-46-33-27-43(28-34-46)57(41-14-4-2-5-15-41,42-16-6-3-7-17-42)58-35-13-12-22-52(54(64)59-44-29-23-40(37-63)24-30-44)60-55(65)53(36-39-25-31-45(32-26-39)62(67)68)61-56(66)70-38-51-49-20-10-8-18-47(49)48-19-9-11-21-50(48)51;/h2-11,14-21,23-34,51-53,58,63H,12-13,22,35-38H2,1H3,(H,59,64)(H,60,65)(H,61,66);1H4/t52-,53-;/m0./s1. The van der Waals surface area contributed by atoms with E-state index in [2.05, 4.69) is 57.7 Å². The van der Waals surface area contributed by atoms with E-state index in [0.717, 1.165) is 44.7 Å². The van der Waals surface area contributed by atoms with E-state index in [1.54, 1.807) is 31.4 Å². The zero-order valence-corrected chi connectivity index (χ0v) is 38.8. The fourth-order valence-electron chi connectivity index (χ4n) is 9.22. The third-order valence-corrected chi connectivity index (χ3v) is 12.8. The second kappa shape index (κ2) is 23.9. The molecule has 7 aromatic rings. The van der Waals surface area contributed by atoms with E-state index >= 15 is 0 Å². The summed E-state index contributed by atoms with van der Waals surface area (Å²) < 4.78 is 11.4. The summed E-state index contributed by atoms with van der Waals surface area (Å²) in [4.78, 5) is 53.4. The number of methoxy groups -OCH3 is 1. The van der Waals surface area contributed by atoms with Crippen LogP contribution >= 0.6 is 0 Å². The summed E-state index contributed by atoms with van der Waals surface area (Å²) in [5, 5.41) is 33.6. The van der Waals surface area contributed by atoms with E-state index in [1.165, 1.54) is 24.3 Å². The van der Waals surface area contributed by atoms with Gasteiger partial charge in [-0.2, -0.15) is 0 Å². The number of nitro benzene ring substituents is 1. The minimum absolute atomic E-state index is 0. The van der Waals surface area contributed by atoms with Crippen molar-refractivity contribution < 1.29 is 33.9 Å². The van der Waals surface area contributed by atoms with Gasteiger partial charge in [0.15, 0.2) is 0 Å². The zero-order valence-electron chi connectivity index (χ0n) is 38.8. The second-order valence-corrected chi connectivity index (χ2v) is 17.2. The summed E-state index contributed by atoms with van der Waals surface area (Å²) in [6.45, 7) is 0.364. The van der Waals surface area contributed by atoms with E-state index in [-0.39, 0.29) is 45.1 Å². The Balaban J connectivity index is 0.00000741. The van der Waals surface area contributed by atoms with Crippen LogP contribution in [-0.2, 0) is 32.9 Å². The molecule has 5 N–H and O–H groups in total. The maximum Gasteiger partial charge on any atom is 0.407 e. The predicted molar refractivity (Wildman–Crippen MR) is 276 cm³/mol. The Kier molecular flexibility index (Phi) is 17.1. The number of carbonyl (C=O) groups excluding carboxylic acids is 3. The summed E-state index contributed by atoms with van der Waals surface area (Å²) in [5.74, 6) is -0.615. The summed E-state index contributed by atoms with van der Waals surface area (Å²) in [6.07, 6.45) is 0.449. The van der Waals surface area contributed by atoms with Crippen LogP contribution in [0.4, 0.5) is 16.2 Å². The number of hydrogen-bond acceptors (Lipinski definition) is 9. The fourth-order valence-corrected chi connectivity index (χ4v) is 9.22. The molecule has 7 aromatic carbocycles. The molecule has 0 heterocycles. The van der Waals surface area contributed by atoms with Crippen molar-refractivity contribution in [2.24, 2.45) is 0 Å². The van der Waals surface area contributed by atoms with Gasteiger partial charge < -0.3 is 30.5 Å². The first kappa shape index (κ1) is 50.7. The molecule has 71 heavy (non-hydrogen) atoms. The van der Waals surface area contributed by atoms with Crippen LogP contribution in [0.2, 0.25) is 0 Å². The number of anilines is 1. The number of amides is 3. The molecule has 0 unspecified atom stereocenters. The number of aliphatic hydroxyl groups excluding tert-OH is 1. The molecule has 0 fully saturated rings. The minimum Gasteiger partial charge on any atom is -0.497 e. The Morgan fingerprint density at radius 2 is 1.20 bits per heavy atom. The number of nitrogens with zero attached hydrogens (tertiary/aromatic N) is 1. The van der Waals surface area contributed by atoms with Gasteiger partial charge in [0.2, 0.25) is 11.8 Å². The second-order valence-electron chi connectivity index (χ2n) is 17.2. The molecule has 364 valence electrons. The Morgan fingerprint density at radius 3 is 1.76 bits per heavy atom. The van der Waals surface area contributed by atoms with E-state index in [0.29, 0.717) is 36.2 Å². The van der Waals surface area contributed by atoms with Crippen molar-refractivity contribution in [2.75, 3.05) is 25.6 Å². The number of hydrogen-bond donors (Lipinski definition) is 5. The molecule has 0 saturated heterocycles. The highest BCUT2D eigenvalue weighted by atomic mass is 16.6. The van der Waals surface area contributed by atoms with Crippen LogP contribution in [0, 0.1) is 10.1 Å². The van der Waals surface area contributed by atoms with E-state index in [1.807, 2.05) is 97.1 Å². The van der Waals surface area contributed by atoms with Gasteiger partial charge in [0.25, 0.3) is 5.69 Å². The van der Waals surface area contributed by atoms with Crippen LogP contribution in [0.5, 0.6) is 5.75 Å². The number of non-ortho nitro benzene ring substituents is 1. The van der Waals surface area contributed by atoms with Crippen LogP contribution in [0.15, 0.2) is 182 Å². The summed E-state index contributed by atoms with van der Waals surface area (Å²) in [5.41, 5.74) is 8.05. The Morgan fingerprint density at radius 1 is 0.648 bits per heavy atom. The molecule has 0 saturated carbocycles. The summed E-state index contributed by atoms with van der Waals surface area (Å²) in [6, 6.07) is 54.5. The van der Waals surface area contributed by atoms with Crippen molar-refractivity contribution in [3.63, 3.8) is 0 Å². The largest absolute Gasteiger partial charge is 0.497 e. The number of benzene rings is 7.